The molecule has 136 valence electrons. The van der Waals surface area contributed by atoms with Crippen molar-refractivity contribution in [1.82, 2.24) is 15.5 Å². The lowest BCUT2D eigenvalue weighted by atomic mass is 10.0. The lowest BCUT2D eigenvalue weighted by Crippen LogP contribution is -2.40. The minimum Gasteiger partial charge on any atom is -0.466 e. The zero-order valence-electron chi connectivity index (χ0n) is 15.8. The smallest absolute Gasteiger partial charge is 0.315 e. The average Bonchev–Trinajstić information content (AvgIpc) is 2.91. The highest BCUT2D eigenvalue weighted by Gasteiger charge is 2.15. The highest BCUT2D eigenvalue weighted by Crippen LogP contribution is 2.18. The first kappa shape index (κ1) is 19.1. The summed E-state index contributed by atoms with van der Waals surface area (Å²) in [6.45, 7) is 6.97. The van der Waals surface area contributed by atoms with E-state index in [1.54, 1.807) is 0 Å². The number of furan rings is 1. The first-order valence-electron chi connectivity index (χ1n) is 8.73. The van der Waals surface area contributed by atoms with Gasteiger partial charge >= 0.3 is 6.03 Å². The van der Waals surface area contributed by atoms with Gasteiger partial charge in [-0.3, -0.25) is 0 Å². The fourth-order valence-corrected chi connectivity index (χ4v) is 2.86. The normalized spacial score (nSPS) is 12.2. The van der Waals surface area contributed by atoms with Crippen molar-refractivity contribution in [3.05, 3.63) is 58.5 Å². The van der Waals surface area contributed by atoms with Crippen molar-refractivity contribution < 1.29 is 9.21 Å². The minimum atomic E-state index is -0.171. The molecule has 2 aromatic rings. The molecule has 1 heterocycles. The largest absolute Gasteiger partial charge is 0.466 e. The lowest BCUT2D eigenvalue weighted by Gasteiger charge is -2.25. The predicted molar refractivity (Wildman–Crippen MR) is 101 cm³/mol. The van der Waals surface area contributed by atoms with Gasteiger partial charge in [0.05, 0.1) is 6.04 Å². The summed E-state index contributed by atoms with van der Waals surface area (Å²) < 4.78 is 5.47. The van der Waals surface area contributed by atoms with E-state index in [0.717, 1.165) is 23.5 Å². The number of benzene rings is 1. The van der Waals surface area contributed by atoms with Crippen LogP contribution in [0.4, 0.5) is 4.79 Å². The van der Waals surface area contributed by atoms with Crippen LogP contribution in [0, 0.1) is 13.8 Å². The highest BCUT2D eigenvalue weighted by atomic mass is 16.3. The molecule has 5 nitrogen and oxygen atoms in total. The summed E-state index contributed by atoms with van der Waals surface area (Å²) in [5.74, 6) is 1.71. The lowest BCUT2D eigenvalue weighted by molar-refractivity contribution is 0.232. The van der Waals surface area contributed by atoms with E-state index in [4.69, 9.17) is 4.42 Å². The molecule has 0 saturated heterocycles. The summed E-state index contributed by atoms with van der Waals surface area (Å²) >= 11 is 0. The maximum Gasteiger partial charge on any atom is 0.315 e. The summed E-state index contributed by atoms with van der Waals surface area (Å²) in [7, 11) is 4.05. The molecule has 2 rings (SSSR count). The average molecular weight is 343 g/mol. The molecule has 25 heavy (non-hydrogen) atoms. The monoisotopic (exact) mass is 343 g/mol. The van der Waals surface area contributed by atoms with E-state index in [1.165, 1.54) is 11.1 Å². The fourth-order valence-electron chi connectivity index (χ4n) is 2.86. The molecule has 1 aromatic carbocycles. The summed E-state index contributed by atoms with van der Waals surface area (Å²) in [6, 6.07) is 10.5. The van der Waals surface area contributed by atoms with Gasteiger partial charge in [-0.2, -0.15) is 0 Å². The Labute approximate surface area is 150 Å². The molecule has 2 N–H and O–H groups in total. The van der Waals surface area contributed by atoms with Crippen molar-refractivity contribution in [2.24, 2.45) is 0 Å². The fraction of sp³-hybridized carbons (Fsp3) is 0.450. The number of nitrogens with one attached hydrogen (secondary N) is 2. The molecule has 0 saturated carbocycles. The zero-order chi connectivity index (χ0) is 18.4. The topological polar surface area (TPSA) is 57.5 Å². The first-order chi connectivity index (χ1) is 11.9. The van der Waals surface area contributed by atoms with Gasteiger partial charge in [0.2, 0.25) is 0 Å². The Morgan fingerprint density at radius 2 is 1.84 bits per heavy atom. The Balaban J connectivity index is 1.89. The molecule has 0 bridgehead atoms. The van der Waals surface area contributed by atoms with Gasteiger partial charge in [0.25, 0.3) is 0 Å². The van der Waals surface area contributed by atoms with Gasteiger partial charge in [-0.15, -0.1) is 0 Å². The van der Waals surface area contributed by atoms with Crippen LogP contribution < -0.4 is 10.6 Å². The molecular formula is C20H29N3O2. The summed E-state index contributed by atoms with van der Waals surface area (Å²) in [6.07, 6.45) is 1.03. The number of nitrogens with zero attached hydrogens (tertiary/aromatic N) is 1. The molecular weight excluding hydrogens is 314 g/mol. The molecule has 1 atom stereocenters. The SMILES string of the molecule is CCc1ccc(C(CNC(=O)NCc2cc(C)oc2C)N(C)C)cc1. The number of hydrogen-bond acceptors (Lipinski definition) is 3. The predicted octanol–water partition coefficient (Wildman–Crippen LogP) is 3.56. The second-order valence-electron chi connectivity index (χ2n) is 6.58. The van der Waals surface area contributed by atoms with E-state index in [2.05, 4.69) is 46.7 Å². The third kappa shape index (κ3) is 5.36. The van der Waals surface area contributed by atoms with Crippen molar-refractivity contribution in [2.45, 2.75) is 39.8 Å². The van der Waals surface area contributed by atoms with Gasteiger partial charge in [0.15, 0.2) is 0 Å². The molecule has 0 aliphatic heterocycles. The second kappa shape index (κ2) is 8.72. The highest BCUT2D eigenvalue weighted by molar-refractivity contribution is 5.73. The van der Waals surface area contributed by atoms with Gasteiger partial charge in [-0.1, -0.05) is 31.2 Å². The standard InChI is InChI=1S/C20H29N3O2/c1-6-16-7-9-17(10-8-16)19(23(4)5)13-22-20(24)21-12-18-11-14(2)25-15(18)3/h7-11,19H,6,12-13H2,1-5H3,(H2,21,22,24). The number of amides is 2. The van der Waals surface area contributed by atoms with Crippen LogP contribution >= 0.6 is 0 Å². The third-order valence-electron chi connectivity index (χ3n) is 4.44. The number of likely N-dealkylation sites (N-methyl/N-ethyl adjacent to an activating group) is 1. The number of carbonyl (C=O) groups is 1. The maximum absolute atomic E-state index is 12.1. The van der Waals surface area contributed by atoms with Gasteiger partial charge in [-0.05, 0) is 51.6 Å². The number of aryl methyl sites for hydroxylation is 3. The number of carbonyl (C=O) groups excluding carboxylic acids is 1. The van der Waals surface area contributed by atoms with Crippen LogP contribution in [0.1, 0.15) is 41.2 Å². The van der Waals surface area contributed by atoms with Crippen LogP contribution in [0.5, 0.6) is 0 Å². The molecule has 0 aliphatic carbocycles. The summed E-state index contributed by atoms with van der Waals surface area (Å²) in [4.78, 5) is 14.2. The Morgan fingerprint density at radius 1 is 1.16 bits per heavy atom. The van der Waals surface area contributed by atoms with Crippen LogP contribution in [-0.4, -0.2) is 31.6 Å². The quantitative estimate of drug-likeness (QED) is 0.808. The molecule has 5 heteroatoms. The van der Waals surface area contributed by atoms with Crippen LogP contribution in [-0.2, 0) is 13.0 Å². The second-order valence-corrected chi connectivity index (χ2v) is 6.58. The first-order valence-corrected chi connectivity index (χ1v) is 8.73. The van der Waals surface area contributed by atoms with E-state index >= 15 is 0 Å². The molecule has 0 spiro atoms. The molecule has 0 fully saturated rings. The van der Waals surface area contributed by atoms with Crippen LogP contribution in [0.2, 0.25) is 0 Å². The Morgan fingerprint density at radius 3 is 2.36 bits per heavy atom. The van der Waals surface area contributed by atoms with Crippen LogP contribution in [0.3, 0.4) is 0 Å². The van der Waals surface area contributed by atoms with Crippen molar-refractivity contribution >= 4 is 6.03 Å². The zero-order valence-corrected chi connectivity index (χ0v) is 15.8. The summed E-state index contributed by atoms with van der Waals surface area (Å²) in [5, 5.41) is 5.85. The van der Waals surface area contributed by atoms with E-state index in [1.807, 2.05) is 34.0 Å². The molecule has 0 aliphatic rings. The third-order valence-corrected chi connectivity index (χ3v) is 4.44. The molecule has 1 aromatic heterocycles. The van der Waals surface area contributed by atoms with E-state index in [9.17, 15) is 4.79 Å². The summed E-state index contributed by atoms with van der Waals surface area (Å²) in [5.41, 5.74) is 3.52. The van der Waals surface area contributed by atoms with E-state index < -0.39 is 0 Å². The van der Waals surface area contributed by atoms with Gasteiger partial charge in [0, 0.05) is 18.7 Å². The van der Waals surface area contributed by atoms with Gasteiger partial charge in [0.1, 0.15) is 11.5 Å². The van der Waals surface area contributed by atoms with Crippen molar-refractivity contribution in [3.8, 4) is 0 Å². The molecule has 2 amide bonds. The Kier molecular flexibility index (Phi) is 6.65. The van der Waals surface area contributed by atoms with Gasteiger partial charge < -0.3 is 20.0 Å². The Hall–Kier alpha value is -2.27. The van der Waals surface area contributed by atoms with Gasteiger partial charge in [-0.25, -0.2) is 4.79 Å². The van der Waals surface area contributed by atoms with Crippen LogP contribution in [0.25, 0.3) is 0 Å². The number of urea groups is 1. The molecule has 0 radical (unpaired) electrons. The maximum atomic E-state index is 12.1. The van der Waals surface area contributed by atoms with E-state index in [0.29, 0.717) is 13.1 Å². The van der Waals surface area contributed by atoms with Crippen molar-refractivity contribution in [1.29, 1.82) is 0 Å². The molecule has 1 unspecified atom stereocenters. The number of rotatable bonds is 7. The van der Waals surface area contributed by atoms with E-state index in [-0.39, 0.29) is 12.1 Å². The minimum absolute atomic E-state index is 0.134. The van der Waals surface area contributed by atoms with Crippen molar-refractivity contribution in [2.75, 3.05) is 20.6 Å². The van der Waals surface area contributed by atoms with Crippen LogP contribution in [0.15, 0.2) is 34.7 Å². The Bertz CT molecular complexity index is 689. The van der Waals surface area contributed by atoms with Crippen molar-refractivity contribution in [3.63, 3.8) is 0 Å². The number of hydrogen-bond donors (Lipinski definition) is 2.